The lowest BCUT2D eigenvalue weighted by Gasteiger charge is -2.21. The molecule has 0 saturated heterocycles. The number of hydrogen-bond acceptors (Lipinski definition) is 5. The zero-order chi connectivity index (χ0) is 15.6. The fraction of sp³-hybridized carbons (Fsp3) is 0.615. The Hall–Kier alpha value is -0.960. The number of carboxylic acids is 1. The second-order valence-electron chi connectivity index (χ2n) is 5.32. The van der Waals surface area contributed by atoms with E-state index >= 15 is 0 Å². The Labute approximate surface area is 127 Å². The van der Waals surface area contributed by atoms with Gasteiger partial charge in [-0.05, 0) is 31.4 Å². The van der Waals surface area contributed by atoms with Gasteiger partial charge in [0.05, 0.1) is 6.10 Å². The number of aliphatic hydroxyl groups is 1. The van der Waals surface area contributed by atoms with Crippen molar-refractivity contribution in [2.24, 2.45) is 0 Å². The third-order valence-electron chi connectivity index (χ3n) is 3.64. The van der Waals surface area contributed by atoms with Gasteiger partial charge in [-0.2, -0.15) is 0 Å². The summed E-state index contributed by atoms with van der Waals surface area (Å²) in [4.78, 5) is 11.0. The zero-order valence-corrected chi connectivity index (χ0v) is 13.3. The number of sulfonamides is 1. The normalized spacial score (nSPS) is 23.7. The van der Waals surface area contributed by atoms with Crippen LogP contribution in [0, 0.1) is 6.92 Å². The topological polar surface area (TPSA) is 104 Å². The van der Waals surface area contributed by atoms with Gasteiger partial charge in [-0.15, -0.1) is 11.3 Å². The molecule has 0 spiro atoms. The van der Waals surface area contributed by atoms with E-state index < -0.39 is 28.1 Å². The van der Waals surface area contributed by atoms with E-state index in [0.29, 0.717) is 18.4 Å². The maximum Gasteiger partial charge on any atom is 0.346 e. The predicted molar refractivity (Wildman–Crippen MR) is 79.2 cm³/mol. The summed E-state index contributed by atoms with van der Waals surface area (Å²) < 4.78 is 27.2. The lowest BCUT2D eigenvalue weighted by molar-refractivity contribution is 0.0701. The summed E-state index contributed by atoms with van der Waals surface area (Å²) in [6.07, 6.45) is 3.22. The molecule has 2 unspecified atom stereocenters. The smallest absolute Gasteiger partial charge is 0.346 e. The molecule has 1 fully saturated rings. The Morgan fingerprint density at radius 3 is 2.62 bits per heavy atom. The number of aliphatic hydroxyl groups excluding tert-OH is 1. The third-order valence-corrected chi connectivity index (χ3v) is 6.83. The predicted octanol–water partition coefficient (Wildman–Crippen LogP) is 1.73. The van der Waals surface area contributed by atoms with Crippen molar-refractivity contribution in [2.75, 3.05) is 0 Å². The molecule has 1 aliphatic carbocycles. The summed E-state index contributed by atoms with van der Waals surface area (Å²) in [6, 6.07) is 0.854. The number of rotatable bonds is 4. The number of carboxylic acid groups (broad SMARTS) is 1. The first-order chi connectivity index (χ1) is 9.81. The lowest BCUT2D eigenvalue weighted by Crippen LogP contribution is -2.42. The minimum Gasteiger partial charge on any atom is -0.477 e. The molecule has 2 atom stereocenters. The van der Waals surface area contributed by atoms with Crippen molar-refractivity contribution in [3.05, 3.63) is 16.5 Å². The summed E-state index contributed by atoms with van der Waals surface area (Å²) in [5.74, 6) is -1.13. The van der Waals surface area contributed by atoms with Crippen molar-refractivity contribution in [1.29, 1.82) is 0 Å². The average molecular weight is 333 g/mol. The Morgan fingerprint density at radius 1 is 1.33 bits per heavy atom. The minimum atomic E-state index is -3.80. The maximum atomic E-state index is 12.3. The van der Waals surface area contributed by atoms with Gasteiger partial charge in [-0.25, -0.2) is 17.9 Å². The fourth-order valence-electron chi connectivity index (χ4n) is 2.48. The highest BCUT2D eigenvalue weighted by molar-refractivity contribution is 7.91. The quantitative estimate of drug-likeness (QED) is 0.728. The second kappa shape index (κ2) is 6.43. The zero-order valence-electron chi connectivity index (χ0n) is 11.7. The van der Waals surface area contributed by atoms with Gasteiger partial charge in [-0.1, -0.05) is 19.3 Å². The molecule has 118 valence electrons. The van der Waals surface area contributed by atoms with E-state index in [9.17, 15) is 18.3 Å². The van der Waals surface area contributed by atoms with Crippen molar-refractivity contribution < 1.29 is 23.4 Å². The second-order valence-corrected chi connectivity index (χ2v) is 8.31. The number of thiophene rings is 1. The molecule has 2 rings (SSSR count). The van der Waals surface area contributed by atoms with Crippen LogP contribution in [-0.4, -0.2) is 36.7 Å². The molecule has 3 N–H and O–H groups in total. The van der Waals surface area contributed by atoms with Gasteiger partial charge in [0.25, 0.3) is 0 Å². The van der Waals surface area contributed by atoms with Crippen molar-refractivity contribution >= 4 is 27.3 Å². The molecule has 1 saturated carbocycles. The van der Waals surface area contributed by atoms with Crippen LogP contribution >= 0.6 is 11.3 Å². The summed E-state index contributed by atoms with van der Waals surface area (Å²) in [6.45, 7) is 1.57. The fourth-order valence-corrected chi connectivity index (χ4v) is 5.18. The van der Waals surface area contributed by atoms with E-state index in [0.717, 1.165) is 30.6 Å². The van der Waals surface area contributed by atoms with Gasteiger partial charge in [0.15, 0.2) is 0 Å². The Morgan fingerprint density at radius 2 is 2.00 bits per heavy atom. The van der Waals surface area contributed by atoms with E-state index in [1.165, 1.54) is 6.07 Å². The Kier molecular flexibility index (Phi) is 5.03. The SMILES string of the molecule is Cc1cc(S(=O)(=O)NC2CCCCCC2O)sc1C(=O)O. The van der Waals surface area contributed by atoms with Crippen molar-refractivity contribution in [2.45, 2.75) is 55.4 Å². The van der Waals surface area contributed by atoms with Gasteiger partial charge in [0.1, 0.15) is 9.09 Å². The van der Waals surface area contributed by atoms with Crippen molar-refractivity contribution in [3.63, 3.8) is 0 Å². The molecule has 0 amide bonds. The highest BCUT2D eigenvalue weighted by atomic mass is 32.2. The third kappa shape index (κ3) is 3.82. The van der Waals surface area contributed by atoms with Crippen LogP contribution in [0.4, 0.5) is 0 Å². The van der Waals surface area contributed by atoms with Gasteiger partial charge in [0, 0.05) is 6.04 Å². The van der Waals surface area contributed by atoms with Crippen LogP contribution in [0.3, 0.4) is 0 Å². The lowest BCUT2D eigenvalue weighted by atomic mass is 10.1. The molecular weight excluding hydrogens is 314 g/mol. The molecule has 0 radical (unpaired) electrons. The van der Waals surface area contributed by atoms with Crippen LogP contribution in [-0.2, 0) is 10.0 Å². The monoisotopic (exact) mass is 333 g/mol. The molecule has 6 nitrogen and oxygen atoms in total. The molecule has 0 bridgehead atoms. The number of aromatic carboxylic acids is 1. The van der Waals surface area contributed by atoms with E-state index in [1.54, 1.807) is 6.92 Å². The van der Waals surface area contributed by atoms with Crippen LogP contribution in [0.25, 0.3) is 0 Å². The number of nitrogens with one attached hydrogen (secondary N) is 1. The van der Waals surface area contributed by atoms with Crippen molar-refractivity contribution in [3.8, 4) is 0 Å². The van der Waals surface area contributed by atoms with Gasteiger partial charge in [-0.3, -0.25) is 0 Å². The molecular formula is C13H19NO5S2. The largest absolute Gasteiger partial charge is 0.477 e. The van der Waals surface area contributed by atoms with E-state index in [4.69, 9.17) is 5.11 Å². The molecule has 1 heterocycles. The number of carbonyl (C=O) groups is 1. The Bertz CT molecular complexity index is 623. The van der Waals surface area contributed by atoms with Gasteiger partial charge in [0.2, 0.25) is 10.0 Å². The number of hydrogen-bond donors (Lipinski definition) is 3. The molecule has 0 aromatic carbocycles. The molecule has 1 aromatic rings. The van der Waals surface area contributed by atoms with Crippen LogP contribution in [0.2, 0.25) is 0 Å². The highest BCUT2D eigenvalue weighted by Crippen LogP contribution is 2.27. The first kappa shape index (κ1) is 16.4. The molecule has 8 heteroatoms. The minimum absolute atomic E-state index is 0.0196. The summed E-state index contributed by atoms with van der Waals surface area (Å²) in [5, 5.41) is 19.0. The van der Waals surface area contributed by atoms with Gasteiger partial charge < -0.3 is 10.2 Å². The van der Waals surface area contributed by atoms with E-state index in [1.807, 2.05) is 0 Å². The van der Waals surface area contributed by atoms with Crippen LogP contribution in [0.1, 0.15) is 47.3 Å². The molecule has 0 aliphatic heterocycles. The first-order valence-corrected chi connectivity index (χ1v) is 9.15. The number of aryl methyl sites for hydroxylation is 1. The average Bonchev–Trinajstić information content (AvgIpc) is 2.69. The van der Waals surface area contributed by atoms with Crippen molar-refractivity contribution in [1.82, 2.24) is 4.72 Å². The first-order valence-electron chi connectivity index (χ1n) is 6.85. The van der Waals surface area contributed by atoms with Crippen LogP contribution in [0.5, 0.6) is 0 Å². The standard InChI is InChI=1S/C13H19NO5S2/c1-8-7-11(20-12(8)13(16)17)21(18,19)14-9-5-3-2-4-6-10(9)15/h7,9-10,14-15H,2-6H2,1H3,(H,16,17). The van der Waals surface area contributed by atoms with Crippen LogP contribution < -0.4 is 4.72 Å². The summed E-state index contributed by atoms with van der Waals surface area (Å²) in [5.41, 5.74) is 0.425. The van der Waals surface area contributed by atoms with Crippen LogP contribution in [0.15, 0.2) is 10.3 Å². The van der Waals surface area contributed by atoms with E-state index in [-0.39, 0.29) is 9.09 Å². The maximum absolute atomic E-state index is 12.3. The van der Waals surface area contributed by atoms with Gasteiger partial charge >= 0.3 is 5.97 Å². The molecule has 21 heavy (non-hydrogen) atoms. The highest BCUT2D eigenvalue weighted by Gasteiger charge is 2.29. The van der Waals surface area contributed by atoms with E-state index in [2.05, 4.69) is 4.72 Å². The summed E-state index contributed by atoms with van der Waals surface area (Å²) >= 11 is 0.738. The molecule has 1 aliphatic rings. The Balaban J connectivity index is 2.21. The molecule has 1 aromatic heterocycles. The summed E-state index contributed by atoms with van der Waals surface area (Å²) in [7, 11) is -3.80.